The van der Waals surface area contributed by atoms with Crippen LogP contribution in [-0.4, -0.2) is 11.1 Å². The molecule has 0 saturated carbocycles. The monoisotopic (exact) mass is 263 g/mol. The lowest BCUT2D eigenvalue weighted by molar-refractivity contribution is -0.137. The molecule has 0 aliphatic heterocycles. The number of aromatic carboxylic acids is 1. The lowest BCUT2D eigenvalue weighted by Gasteiger charge is -2.10. The minimum absolute atomic E-state index is 0. The highest BCUT2D eigenvalue weighted by atomic mass is 19.4. The zero-order valence-electron chi connectivity index (χ0n) is 10.0. The van der Waals surface area contributed by atoms with Crippen LogP contribution in [0, 0.1) is 0 Å². The minimum atomic E-state index is -4.51. The Labute approximate surface area is 103 Å². The molecule has 0 fully saturated rings. The highest BCUT2D eigenvalue weighted by molar-refractivity contribution is 5.89. The van der Waals surface area contributed by atoms with Crippen LogP contribution < -0.4 is 6.15 Å². The third-order valence-electron chi connectivity index (χ3n) is 2.47. The Kier molecular flexibility index (Phi) is 5.84. The van der Waals surface area contributed by atoms with Gasteiger partial charge in [0, 0.05) is 0 Å². The van der Waals surface area contributed by atoms with E-state index in [2.05, 4.69) is 0 Å². The summed E-state index contributed by atoms with van der Waals surface area (Å²) in [7, 11) is 0. The molecule has 1 aromatic carbocycles. The quantitative estimate of drug-likeness (QED) is 0.865. The van der Waals surface area contributed by atoms with Crippen molar-refractivity contribution in [1.82, 2.24) is 6.15 Å². The van der Waals surface area contributed by atoms with E-state index in [-0.39, 0.29) is 11.7 Å². The van der Waals surface area contributed by atoms with Gasteiger partial charge in [-0.2, -0.15) is 13.2 Å². The predicted octanol–water partition coefficient (Wildman–Crippen LogP) is 3.91. The molecule has 0 atom stereocenters. The van der Waals surface area contributed by atoms with E-state index in [9.17, 15) is 18.0 Å². The molecular formula is C12H16F3NO2. The summed E-state index contributed by atoms with van der Waals surface area (Å²) < 4.78 is 37.3. The Morgan fingerprint density at radius 1 is 1.33 bits per heavy atom. The van der Waals surface area contributed by atoms with Gasteiger partial charge < -0.3 is 11.3 Å². The summed E-state index contributed by atoms with van der Waals surface area (Å²) in [5.41, 5.74) is -0.726. The molecule has 0 aliphatic rings. The third-order valence-corrected chi connectivity index (χ3v) is 2.47. The summed E-state index contributed by atoms with van der Waals surface area (Å²) >= 11 is 0. The second-order valence-electron chi connectivity index (χ2n) is 3.78. The first-order valence-corrected chi connectivity index (χ1v) is 5.29. The van der Waals surface area contributed by atoms with Crippen molar-refractivity contribution >= 4 is 5.97 Å². The normalized spacial score (nSPS) is 10.9. The van der Waals surface area contributed by atoms with Crippen molar-refractivity contribution in [3.63, 3.8) is 0 Å². The first kappa shape index (κ1) is 16.4. The molecule has 18 heavy (non-hydrogen) atoms. The topological polar surface area (TPSA) is 72.3 Å². The molecule has 0 saturated heterocycles. The largest absolute Gasteiger partial charge is 0.478 e. The molecule has 0 radical (unpaired) electrons. The molecule has 1 aromatic rings. The van der Waals surface area contributed by atoms with Crippen molar-refractivity contribution in [2.45, 2.75) is 32.4 Å². The van der Waals surface area contributed by atoms with E-state index in [0.29, 0.717) is 18.1 Å². The van der Waals surface area contributed by atoms with Gasteiger partial charge in [-0.05, 0) is 30.5 Å². The second-order valence-corrected chi connectivity index (χ2v) is 3.78. The van der Waals surface area contributed by atoms with Crippen molar-refractivity contribution in [2.75, 3.05) is 0 Å². The summed E-state index contributed by atoms with van der Waals surface area (Å²) in [6, 6.07) is 2.88. The van der Waals surface area contributed by atoms with Gasteiger partial charge in [0.15, 0.2) is 0 Å². The Balaban J connectivity index is 0.00000289. The van der Waals surface area contributed by atoms with Gasteiger partial charge in [-0.15, -0.1) is 0 Å². The van der Waals surface area contributed by atoms with Crippen LogP contribution in [0.4, 0.5) is 13.2 Å². The van der Waals surface area contributed by atoms with Gasteiger partial charge >= 0.3 is 12.1 Å². The number of carbonyl (C=O) groups is 1. The zero-order chi connectivity index (χ0) is 13.1. The number of unbranched alkanes of at least 4 members (excludes halogenated alkanes) is 1. The van der Waals surface area contributed by atoms with Crippen molar-refractivity contribution in [1.29, 1.82) is 0 Å². The van der Waals surface area contributed by atoms with E-state index in [4.69, 9.17) is 5.11 Å². The molecule has 0 aliphatic carbocycles. The fraction of sp³-hybridized carbons (Fsp3) is 0.417. The number of alkyl halides is 3. The molecular weight excluding hydrogens is 247 g/mol. The van der Waals surface area contributed by atoms with Crippen molar-refractivity contribution in [2.24, 2.45) is 0 Å². The fourth-order valence-corrected chi connectivity index (χ4v) is 1.54. The van der Waals surface area contributed by atoms with Crippen LogP contribution >= 0.6 is 0 Å². The number of benzene rings is 1. The summed E-state index contributed by atoms with van der Waals surface area (Å²) in [4.78, 5) is 10.9. The van der Waals surface area contributed by atoms with Gasteiger partial charge in [-0.3, -0.25) is 0 Å². The van der Waals surface area contributed by atoms with Gasteiger partial charge in [0.25, 0.3) is 0 Å². The molecule has 1 rings (SSSR count). The summed E-state index contributed by atoms with van der Waals surface area (Å²) in [5.74, 6) is -1.32. The molecule has 0 amide bonds. The van der Waals surface area contributed by atoms with Crippen LogP contribution in [0.5, 0.6) is 0 Å². The fourth-order valence-electron chi connectivity index (χ4n) is 1.54. The SMILES string of the molecule is CCCCc1ccc(C(F)(F)F)cc1C(=O)O.N. The Morgan fingerprint density at radius 3 is 2.39 bits per heavy atom. The van der Waals surface area contributed by atoms with Crippen molar-refractivity contribution < 1.29 is 23.1 Å². The number of hydrogen-bond acceptors (Lipinski definition) is 2. The molecule has 0 spiro atoms. The standard InChI is InChI=1S/C12H13F3O2.H3N/c1-2-3-4-8-5-6-9(12(13,14)15)7-10(8)11(16)17;/h5-7H,2-4H2,1H3,(H,16,17);1H3. The van der Waals surface area contributed by atoms with Crippen LogP contribution in [0.1, 0.15) is 41.3 Å². The Hall–Kier alpha value is -1.56. The van der Waals surface area contributed by atoms with Crippen LogP contribution in [0.3, 0.4) is 0 Å². The van der Waals surface area contributed by atoms with Gasteiger partial charge in [-0.1, -0.05) is 19.4 Å². The van der Waals surface area contributed by atoms with Gasteiger partial charge in [0.2, 0.25) is 0 Å². The smallest absolute Gasteiger partial charge is 0.416 e. The van der Waals surface area contributed by atoms with Gasteiger partial charge in [-0.25, -0.2) is 4.79 Å². The number of hydrogen-bond donors (Lipinski definition) is 2. The van der Waals surface area contributed by atoms with Crippen LogP contribution in [0.2, 0.25) is 0 Å². The number of rotatable bonds is 4. The van der Waals surface area contributed by atoms with Crippen molar-refractivity contribution in [3.05, 3.63) is 34.9 Å². The highest BCUT2D eigenvalue weighted by Crippen LogP contribution is 2.30. The van der Waals surface area contributed by atoms with Gasteiger partial charge in [0.1, 0.15) is 0 Å². The zero-order valence-corrected chi connectivity index (χ0v) is 10.0. The average Bonchev–Trinajstić information content (AvgIpc) is 2.24. The molecule has 0 aromatic heterocycles. The minimum Gasteiger partial charge on any atom is -0.478 e. The summed E-state index contributed by atoms with van der Waals surface area (Å²) in [5, 5.41) is 8.89. The van der Waals surface area contributed by atoms with Gasteiger partial charge in [0.05, 0.1) is 11.1 Å². The van der Waals surface area contributed by atoms with E-state index in [0.717, 1.165) is 18.9 Å². The average molecular weight is 263 g/mol. The molecule has 6 heteroatoms. The lowest BCUT2D eigenvalue weighted by atomic mass is 9.99. The summed E-state index contributed by atoms with van der Waals surface area (Å²) in [6.07, 6.45) is -2.41. The van der Waals surface area contributed by atoms with E-state index < -0.39 is 17.7 Å². The number of halogens is 3. The maximum Gasteiger partial charge on any atom is 0.416 e. The van der Waals surface area contributed by atoms with Crippen LogP contribution in [0.15, 0.2) is 18.2 Å². The molecule has 3 nitrogen and oxygen atoms in total. The molecule has 0 bridgehead atoms. The third kappa shape index (κ3) is 4.03. The van der Waals surface area contributed by atoms with E-state index >= 15 is 0 Å². The molecule has 102 valence electrons. The molecule has 0 heterocycles. The second kappa shape index (κ2) is 6.39. The Morgan fingerprint density at radius 2 is 1.94 bits per heavy atom. The van der Waals surface area contributed by atoms with E-state index in [1.54, 1.807) is 0 Å². The van der Waals surface area contributed by atoms with E-state index in [1.807, 2.05) is 6.92 Å². The van der Waals surface area contributed by atoms with Crippen LogP contribution in [-0.2, 0) is 12.6 Å². The maximum absolute atomic E-state index is 12.4. The highest BCUT2D eigenvalue weighted by Gasteiger charge is 2.31. The van der Waals surface area contributed by atoms with Crippen LogP contribution in [0.25, 0.3) is 0 Å². The lowest BCUT2D eigenvalue weighted by Crippen LogP contribution is -2.09. The summed E-state index contributed by atoms with van der Waals surface area (Å²) in [6.45, 7) is 1.94. The van der Waals surface area contributed by atoms with Crippen molar-refractivity contribution in [3.8, 4) is 0 Å². The molecule has 0 unspecified atom stereocenters. The first-order chi connectivity index (χ1) is 7.86. The first-order valence-electron chi connectivity index (χ1n) is 5.29. The Bertz CT molecular complexity index is 416. The number of carboxylic acid groups (broad SMARTS) is 1. The predicted molar refractivity (Wildman–Crippen MR) is 62.0 cm³/mol. The number of aryl methyl sites for hydroxylation is 1. The maximum atomic E-state index is 12.4. The number of carboxylic acids is 1. The molecule has 4 N–H and O–H groups in total. The van der Waals surface area contributed by atoms with E-state index in [1.165, 1.54) is 6.07 Å².